The van der Waals surface area contributed by atoms with Gasteiger partial charge in [0.25, 0.3) is 0 Å². The van der Waals surface area contributed by atoms with E-state index in [4.69, 9.17) is 0 Å². The molecular formula is C19H22N6O2. The van der Waals surface area contributed by atoms with Crippen LogP contribution in [0.25, 0.3) is 0 Å². The van der Waals surface area contributed by atoms with Gasteiger partial charge in [0.2, 0.25) is 11.9 Å². The van der Waals surface area contributed by atoms with Crippen LogP contribution in [-0.4, -0.2) is 39.9 Å². The third-order valence-electron chi connectivity index (χ3n) is 4.27. The molecule has 0 saturated heterocycles. The monoisotopic (exact) mass is 366 g/mol. The van der Waals surface area contributed by atoms with Crippen molar-refractivity contribution in [3.8, 4) is 0 Å². The molecular weight excluding hydrogens is 344 g/mol. The first-order chi connectivity index (χ1) is 13.1. The van der Waals surface area contributed by atoms with Crippen molar-refractivity contribution in [2.45, 2.75) is 20.4 Å². The third kappa shape index (κ3) is 3.74. The van der Waals surface area contributed by atoms with Crippen molar-refractivity contribution in [2.75, 3.05) is 28.6 Å². The summed E-state index contributed by atoms with van der Waals surface area (Å²) >= 11 is 0. The van der Waals surface area contributed by atoms with Crippen molar-refractivity contribution in [1.82, 2.24) is 14.9 Å². The summed E-state index contributed by atoms with van der Waals surface area (Å²) in [7, 11) is 0. The second kappa shape index (κ2) is 7.86. The van der Waals surface area contributed by atoms with Gasteiger partial charge in [0.15, 0.2) is 0 Å². The lowest BCUT2D eigenvalue weighted by Gasteiger charge is -2.34. The van der Waals surface area contributed by atoms with Gasteiger partial charge in [0.05, 0.1) is 17.9 Å². The molecule has 0 bridgehead atoms. The molecule has 3 amide bonds. The lowest BCUT2D eigenvalue weighted by molar-refractivity contribution is -0.111. The zero-order chi connectivity index (χ0) is 19.4. The number of aromatic nitrogens is 2. The van der Waals surface area contributed by atoms with E-state index in [-0.39, 0.29) is 11.9 Å². The number of fused-ring (bicyclic) bond motifs is 1. The predicted octanol–water partition coefficient (Wildman–Crippen LogP) is 3.13. The zero-order valence-corrected chi connectivity index (χ0v) is 15.4. The van der Waals surface area contributed by atoms with E-state index in [0.29, 0.717) is 42.8 Å². The molecule has 0 spiro atoms. The van der Waals surface area contributed by atoms with E-state index in [2.05, 4.69) is 27.2 Å². The van der Waals surface area contributed by atoms with Crippen molar-refractivity contribution >= 4 is 35.1 Å². The standard InChI is InChI=1S/C19H22N6O2/c1-4-16(26)21-14-9-7-8-10-15(14)22-18-20-11-13-12-24(5-2)19(27)25(6-3)17(13)23-18/h4,7-11H,1,5-6,12H2,2-3H3,(H,21,26)(H,20,22,23). The van der Waals surface area contributed by atoms with Crippen LogP contribution in [0, 0.1) is 0 Å². The Kier molecular flexibility index (Phi) is 5.35. The fourth-order valence-corrected chi connectivity index (χ4v) is 2.88. The minimum absolute atomic E-state index is 0.0594. The summed E-state index contributed by atoms with van der Waals surface area (Å²) in [5, 5.41) is 5.85. The molecule has 0 atom stereocenters. The van der Waals surface area contributed by atoms with Gasteiger partial charge in [-0.1, -0.05) is 18.7 Å². The van der Waals surface area contributed by atoms with Crippen LogP contribution in [0.2, 0.25) is 0 Å². The Bertz CT molecular complexity index is 882. The first kappa shape index (κ1) is 18.4. The van der Waals surface area contributed by atoms with Crippen LogP contribution < -0.4 is 15.5 Å². The summed E-state index contributed by atoms with van der Waals surface area (Å²) in [6.07, 6.45) is 2.93. The molecule has 2 aromatic rings. The van der Waals surface area contributed by atoms with Crippen molar-refractivity contribution < 1.29 is 9.59 Å². The molecule has 8 heteroatoms. The molecule has 8 nitrogen and oxygen atoms in total. The zero-order valence-electron chi connectivity index (χ0n) is 15.4. The van der Waals surface area contributed by atoms with Gasteiger partial charge in [-0.15, -0.1) is 0 Å². The van der Waals surface area contributed by atoms with Crippen LogP contribution in [0.15, 0.2) is 43.1 Å². The van der Waals surface area contributed by atoms with Crippen LogP contribution in [0.1, 0.15) is 19.4 Å². The predicted molar refractivity (Wildman–Crippen MR) is 105 cm³/mol. The Balaban J connectivity index is 1.91. The molecule has 2 heterocycles. The Labute approximate surface area is 157 Å². The molecule has 1 aliphatic heterocycles. The SMILES string of the molecule is C=CC(=O)Nc1ccccc1Nc1ncc2c(n1)N(CC)C(=O)N(CC)C2. The lowest BCUT2D eigenvalue weighted by Crippen LogP contribution is -2.47. The Morgan fingerprint density at radius 3 is 2.67 bits per heavy atom. The topological polar surface area (TPSA) is 90.5 Å². The van der Waals surface area contributed by atoms with E-state index in [1.807, 2.05) is 32.0 Å². The molecule has 0 aliphatic carbocycles. The minimum atomic E-state index is -0.307. The summed E-state index contributed by atoms with van der Waals surface area (Å²) in [5.41, 5.74) is 2.13. The Hall–Kier alpha value is -3.42. The summed E-state index contributed by atoms with van der Waals surface area (Å²) < 4.78 is 0. The smallest absolute Gasteiger partial charge is 0.322 e. The number of amides is 3. The molecule has 0 saturated carbocycles. The van der Waals surface area contributed by atoms with Gasteiger partial charge in [-0.25, -0.2) is 9.78 Å². The molecule has 1 aliphatic rings. The van der Waals surface area contributed by atoms with Crippen LogP contribution in [-0.2, 0) is 11.3 Å². The summed E-state index contributed by atoms with van der Waals surface area (Å²) in [6.45, 7) is 8.96. The summed E-state index contributed by atoms with van der Waals surface area (Å²) in [5.74, 6) is 0.653. The number of benzene rings is 1. The number of para-hydroxylation sites is 2. The first-order valence-electron chi connectivity index (χ1n) is 8.79. The van der Waals surface area contributed by atoms with Gasteiger partial charge in [0.1, 0.15) is 5.82 Å². The molecule has 1 aromatic carbocycles. The van der Waals surface area contributed by atoms with Crippen LogP contribution >= 0.6 is 0 Å². The van der Waals surface area contributed by atoms with Gasteiger partial charge in [0, 0.05) is 24.8 Å². The molecule has 27 heavy (non-hydrogen) atoms. The number of hydrogen-bond donors (Lipinski definition) is 2. The number of hydrogen-bond acceptors (Lipinski definition) is 5. The van der Waals surface area contributed by atoms with Gasteiger partial charge < -0.3 is 15.5 Å². The average molecular weight is 366 g/mol. The van der Waals surface area contributed by atoms with Crippen LogP contribution in [0.4, 0.5) is 27.9 Å². The molecule has 0 unspecified atom stereocenters. The number of rotatable bonds is 6. The van der Waals surface area contributed by atoms with E-state index < -0.39 is 0 Å². The van der Waals surface area contributed by atoms with Crippen molar-refractivity contribution in [3.05, 3.63) is 48.7 Å². The van der Waals surface area contributed by atoms with Gasteiger partial charge in [-0.2, -0.15) is 4.98 Å². The van der Waals surface area contributed by atoms with Crippen molar-refractivity contribution in [1.29, 1.82) is 0 Å². The third-order valence-corrected chi connectivity index (χ3v) is 4.27. The summed E-state index contributed by atoms with van der Waals surface area (Å²) in [6, 6.07) is 7.17. The van der Waals surface area contributed by atoms with Crippen molar-refractivity contribution in [2.24, 2.45) is 0 Å². The minimum Gasteiger partial charge on any atom is -0.322 e. The van der Waals surface area contributed by atoms with Gasteiger partial charge >= 0.3 is 6.03 Å². The number of carbonyl (C=O) groups is 2. The first-order valence-corrected chi connectivity index (χ1v) is 8.79. The second-order valence-corrected chi connectivity index (χ2v) is 5.95. The number of urea groups is 1. The Morgan fingerprint density at radius 2 is 2.00 bits per heavy atom. The second-order valence-electron chi connectivity index (χ2n) is 5.95. The van der Waals surface area contributed by atoms with E-state index in [0.717, 1.165) is 5.56 Å². The maximum atomic E-state index is 12.5. The average Bonchev–Trinajstić information content (AvgIpc) is 2.69. The molecule has 3 rings (SSSR count). The highest BCUT2D eigenvalue weighted by Gasteiger charge is 2.30. The highest BCUT2D eigenvalue weighted by atomic mass is 16.2. The molecule has 1 aromatic heterocycles. The molecule has 0 radical (unpaired) electrons. The van der Waals surface area contributed by atoms with E-state index in [1.165, 1.54) is 6.08 Å². The number of carbonyl (C=O) groups excluding carboxylic acids is 2. The molecule has 140 valence electrons. The maximum Gasteiger partial charge on any atom is 0.325 e. The van der Waals surface area contributed by atoms with Gasteiger partial charge in [-0.3, -0.25) is 9.69 Å². The summed E-state index contributed by atoms with van der Waals surface area (Å²) in [4.78, 5) is 36.5. The number of nitrogens with zero attached hydrogens (tertiary/aromatic N) is 4. The lowest BCUT2D eigenvalue weighted by atomic mass is 10.2. The number of anilines is 4. The quantitative estimate of drug-likeness (QED) is 0.767. The van der Waals surface area contributed by atoms with Crippen LogP contribution in [0.3, 0.4) is 0 Å². The largest absolute Gasteiger partial charge is 0.325 e. The molecule has 2 N–H and O–H groups in total. The fraction of sp³-hybridized carbons (Fsp3) is 0.263. The normalized spacial score (nSPS) is 13.2. The highest BCUT2D eigenvalue weighted by Crippen LogP contribution is 2.29. The fourth-order valence-electron chi connectivity index (χ4n) is 2.88. The highest BCUT2D eigenvalue weighted by molar-refractivity contribution is 6.01. The van der Waals surface area contributed by atoms with Gasteiger partial charge in [-0.05, 0) is 32.1 Å². The van der Waals surface area contributed by atoms with E-state index in [9.17, 15) is 9.59 Å². The van der Waals surface area contributed by atoms with Crippen molar-refractivity contribution in [3.63, 3.8) is 0 Å². The van der Waals surface area contributed by atoms with E-state index >= 15 is 0 Å². The number of nitrogens with one attached hydrogen (secondary N) is 2. The Morgan fingerprint density at radius 1 is 1.26 bits per heavy atom. The molecule has 0 fully saturated rings. The maximum absolute atomic E-state index is 12.5. The van der Waals surface area contributed by atoms with Crippen LogP contribution in [0.5, 0.6) is 0 Å². The van der Waals surface area contributed by atoms with E-state index in [1.54, 1.807) is 22.1 Å².